The van der Waals surface area contributed by atoms with Crippen molar-refractivity contribution < 1.29 is 4.74 Å². The summed E-state index contributed by atoms with van der Waals surface area (Å²) in [5, 5.41) is 11.0. The fourth-order valence-corrected chi connectivity index (χ4v) is 1.01. The van der Waals surface area contributed by atoms with Gasteiger partial charge in [-0.25, -0.2) is 0 Å². The van der Waals surface area contributed by atoms with E-state index >= 15 is 0 Å². The zero-order chi connectivity index (χ0) is 9.68. The van der Waals surface area contributed by atoms with Crippen molar-refractivity contribution in [2.24, 2.45) is 4.99 Å². The van der Waals surface area contributed by atoms with Crippen LogP contribution >= 0.6 is 12.2 Å². The first-order chi connectivity index (χ1) is 6.31. The van der Waals surface area contributed by atoms with Gasteiger partial charge < -0.3 is 4.74 Å². The van der Waals surface area contributed by atoms with E-state index in [4.69, 9.17) is 10.00 Å². The summed E-state index contributed by atoms with van der Waals surface area (Å²) in [6.07, 6.45) is 0. The first kappa shape index (κ1) is 9.40. The summed E-state index contributed by atoms with van der Waals surface area (Å²) in [5.74, 6) is 0.533. The fourth-order valence-electron chi connectivity index (χ4n) is 0.906. The Bertz CT molecular complexity index is 403. The van der Waals surface area contributed by atoms with Crippen LogP contribution in [0.15, 0.2) is 23.2 Å². The van der Waals surface area contributed by atoms with E-state index in [1.165, 1.54) is 7.11 Å². The molecular formula is C9H6N2OS. The third kappa shape index (κ3) is 2.12. The maximum absolute atomic E-state index is 8.72. The Kier molecular flexibility index (Phi) is 3.15. The minimum atomic E-state index is 0.439. The normalized spacial score (nSPS) is 8.31. The van der Waals surface area contributed by atoms with Crippen LogP contribution in [0.1, 0.15) is 5.56 Å². The molecule has 0 unspecified atom stereocenters. The van der Waals surface area contributed by atoms with Crippen molar-refractivity contribution >= 4 is 23.1 Å². The molecule has 1 aromatic carbocycles. The molecule has 1 rings (SSSR count). The molecule has 0 aliphatic carbocycles. The van der Waals surface area contributed by atoms with E-state index in [1.54, 1.807) is 18.2 Å². The highest BCUT2D eigenvalue weighted by atomic mass is 32.1. The Morgan fingerprint density at radius 1 is 1.54 bits per heavy atom. The van der Waals surface area contributed by atoms with Crippen molar-refractivity contribution in [3.05, 3.63) is 23.8 Å². The van der Waals surface area contributed by atoms with Crippen LogP contribution in [-0.4, -0.2) is 12.3 Å². The average Bonchev–Trinajstić information content (AvgIpc) is 2.18. The number of thiocarbonyl (C=S) groups is 1. The van der Waals surface area contributed by atoms with Crippen LogP contribution in [0, 0.1) is 11.3 Å². The number of methoxy groups -OCH3 is 1. The van der Waals surface area contributed by atoms with E-state index in [2.05, 4.69) is 22.4 Å². The van der Waals surface area contributed by atoms with E-state index in [-0.39, 0.29) is 0 Å². The third-order valence-electron chi connectivity index (χ3n) is 1.48. The largest absolute Gasteiger partial charge is 0.495 e. The van der Waals surface area contributed by atoms with Crippen LogP contribution in [0.3, 0.4) is 0 Å². The first-order valence-corrected chi connectivity index (χ1v) is 3.88. The Labute approximate surface area is 81.3 Å². The van der Waals surface area contributed by atoms with Crippen molar-refractivity contribution in [3.8, 4) is 11.8 Å². The molecule has 0 aliphatic rings. The number of isothiocyanates is 1. The molecule has 64 valence electrons. The summed E-state index contributed by atoms with van der Waals surface area (Å²) in [7, 11) is 1.51. The van der Waals surface area contributed by atoms with Crippen molar-refractivity contribution in [2.45, 2.75) is 0 Å². The van der Waals surface area contributed by atoms with Gasteiger partial charge in [0.2, 0.25) is 0 Å². The Hall–Kier alpha value is -1.69. The smallest absolute Gasteiger partial charge is 0.136 e. The number of nitrogens with zero attached hydrogens (tertiary/aromatic N) is 2. The van der Waals surface area contributed by atoms with Crippen LogP contribution in [0.25, 0.3) is 0 Å². The molecule has 0 atom stereocenters. The molecule has 13 heavy (non-hydrogen) atoms. The lowest BCUT2D eigenvalue weighted by atomic mass is 10.2. The Balaban J connectivity index is 3.22. The molecule has 3 nitrogen and oxygen atoms in total. The summed E-state index contributed by atoms with van der Waals surface area (Å²) in [4.78, 5) is 3.75. The third-order valence-corrected chi connectivity index (χ3v) is 1.57. The highest BCUT2D eigenvalue weighted by molar-refractivity contribution is 7.78. The second kappa shape index (κ2) is 4.36. The van der Waals surface area contributed by atoms with Gasteiger partial charge in [0, 0.05) is 0 Å². The summed E-state index contributed by atoms with van der Waals surface area (Å²) in [6.45, 7) is 0. The lowest BCUT2D eigenvalue weighted by molar-refractivity contribution is 0.413. The summed E-state index contributed by atoms with van der Waals surface area (Å²) >= 11 is 4.44. The molecule has 0 saturated heterocycles. The monoisotopic (exact) mass is 190 g/mol. The number of nitriles is 1. The van der Waals surface area contributed by atoms with E-state index in [0.717, 1.165) is 0 Å². The SMILES string of the molecule is COc1ccc(N=C=S)cc1C#N. The van der Waals surface area contributed by atoms with Gasteiger partial charge >= 0.3 is 0 Å². The van der Waals surface area contributed by atoms with Gasteiger partial charge in [-0.2, -0.15) is 10.3 Å². The molecule has 0 N–H and O–H groups in total. The van der Waals surface area contributed by atoms with Gasteiger partial charge in [0.25, 0.3) is 0 Å². The van der Waals surface area contributed by atoms with Crippen LogP contribution in [0.5, 0.6) is 5.75 Å². The number of aliphatic imine (C=N–C) groups is 1. The predicted molar refractivity (Wildman–Crippen MR) is 52.4 cm³/mol. The maximum Gasteiger partial charge on any atom is 0.136 e. The van der Waals surface area contributed by atoms with Crippen molar-refractivity contribution in [1.82, 2.24) is 0 Å². The predicted octanol–water partition coefficient (Wildman–Crippen LogP) is 2.30. The summed E-state index contributed by atoms with van der Waals surface area (Å²) in [5.41, 5.74) is 1.04. The zero-order valence-corrected chi connectivity index (χ0v) is 7.76. The van der Waals surface area contributed by atoms with Gasteiger partial charge in [-0.1, -0.05) is 0 Å². The zero-order valence-electron chi connectivity index (χ0n) is 6.94. The first-order valence-electron chi connectivity index (χ1n) is 3.48. The van der Waals surface area contributed by atoms with E-state index in [1.807, 2.05) is 6.07 Å². The van der Waals surface area contributed by atoms with Gasteiger partial charge in [0.1, 0.15) is 11.8 Å². The number of ether oxygens (including phenoxy) is 1. The topological polar surface area (TPSA) is 45.4 Å². The molecule has 0 amide bonds. The standard InChI is InChI=1S/C9H6N2OS/c1-12-9-3-2-8(11-6-13)4-7(9)5-10/h2-4H,1H3. The van der Waals surface area contributed by atoms with Crippen LogP contribution < -0.4 is 4.74 Å². The fraction of sp³-hybridized carbons (Fsp3) is 0.111. The van der Waals surface area contributed by atoms with Gasteiger partial charge in [-0.15, -0.1) is 0 Å². The number of rotatable bonds is 2. The highest BCUT2D eigenvalue weighted by Crippen LogP contribution is 2.22. The molecule has 0 aromatic heterocycles. The molecular weight excluding hydrogens is 184 g/mol. The number of hydrogen-bond donors (Lipinski definition) is 0. The maximum atomic E-state index is 8.72. The molecule has 0 bridgehead atoms. The van der Waals surface area contributed by atoms with Gasteiger partial charge in [-0.05, 0) is 30.4 Å². The minimum Gasteiger partial charge on any atom is -0.495 e. The van der Waals surface area contributed by atoms with Gasteiger partial charge in [-0.3, -0.25) is 0 Å². The Morgan fingerprint density at radius 3 is 2.85 bits per heavy atom. The molecule has 0 saturated carbocycles. The van der Waals surface area contributed by atoms with E-state index < -0.39 is 0 Å². The summed E-state index contributed by atoms with van der Waals surface area (Å²) < 4.78 is 4.96. The van der Waals surface area contributed by atoms with Crippen molar-refractivity contribution in [3.63, 3.8) is 0 Å². The molecule has 0 heterocycles. The lowest BCUT2D eigenvalue weighted by Crippen LogP contribution is -1.86. The molecule has 0 spiro atoms. The molecule has 0 radical (unpaired) electrons. The summed E-state index contributed by atoms with van der Waals surface area (Å²) in [6, 6.07) is 6.97. The second-order valence-electron chi connectivity index (χ2n) is 2.20. The van der Waals surface area contributed by atoms with Gasteiger partial charge in [0.15, 0.2) is 0 Å². The molecule has 1 aromatic rings. The quantitative estimate of drug-likeness (QED) is 0.531. The van der Waals surface area contributed by atoms with Crippen LogP contribution in [-0.2, 0) is 0 Å². The van der Waals surface area contributed by atoms with E-state index in [0.29, 0.717) is 17.0 Å². The second-order valence-corrected chi connectivity index (χ2v) is 2.38. The van der Waals surface area contributed by atoms with Crippen molar-refractivity contribution in [2.75, 3.05) is 7.11 Å². The average molecular weight is 190 g/mol. The number of benzene rings is 1. The molecule has 0 aliphatic heterocycles. The van der Waals surface area contributed by atoms with Crippen LogP contribution in [0.4, 0.5) is 5.69 Å². The van der Waals surface area contributed by atoms with Gasteiger partial charge in [0.05, 0.1) is 23.5 Å². The lowest BCUT2D eigenvalue weighted by Gasteiger charge is -2.01. The number of hydrogen-bond acceptors (Lipinski definition) is 4. The minimum absolute atomic E-state index is 0.439. The highest BCUT2D eigenvalue weighted by Gasteiger charge is 2.01. The van der Waals surface area contributed by atoms with E-state index in [9.17, 15) is 0 Å². The molecule has 0 fully saturated rings. The molecule has 4 heteroatoms. The Morgan fingerprint density at radius 2 is 2.31 bits per heavy atom. The van der Waals surface area contributed by atoms with Crippen LogP contribution in [0.2, 0.25) is 0 Å². The van der Waals surface area contributed by atoms with Crippen molar-refractivity contribution in [1.29, 1.82) is 5.26 Å².